The van der Waals surface area contributed by atoms with E-state index in [9.17, 15) is 5.26 Å². The van der Waals surface area contributed by atoms with Crippen molar-refractivity contribution >= 4 is 17.5 Å². The summed E-state index contributed by atoms with van der Waals surface area (Å²) in [4.78, 5) is 4.20. The molecule has 3 aromatic rings. The molecule has 3 rings (SSSR count). The van der Waals surface area contributed by atoms with Crippen LogP contribution in [0.1, 0.15) is 11.3 Å². The fourth-order valence-corrected chi connectivity index (χ4v) is 2.23. The minimum absolute atomic E-state index is 0.228. The molecule has 0 amide bonds. The predicted molar refractivity (Wildman–Crippen MR) is 85.4 cm³/mol. The lowest BCUT2D eigenvalue weighted by Gasteiger charge is -2.02. The fourth-order valence-electron chi connectivity index (χ4n) is 2.04. The molecule has 0 bridgehead atoms. The van der Waals surface area contributed by atoms with Gasteiger partial charge in [-0.15, -0.1) is 0 Å². The first-order valence-corrected chi connectivity index (χ1v) is 7.09. The van der Waals surface area contributed by atoms with Crippen LogP contribution in [0.25, 0.3) is 11.5 Å². The van der Waals surface area contributed by atoms with Gasteiger partial charge in [-0.05, 0) is 23.8 Å². The Morgan fingerprint density at radius 2 is 1.95 bits per heavy atom. The van der Waals surface area contributed by atoms with Gasteiger partial charge in [0.05, 0.1) is 0 Å². The topological polar surface area (TPSA) is 61.9 Å². The zero-order valence-corrected chi connectivity index (χ0v) is 12.3. The summed E-state index contributed by atoms with van der Waals surface area (Å²) in [7, 11) is 0. The van der Waals surface area contributed by atoms with Gasteiger partial charge in [0.1, 0.15) is 6.07 Å². The number of benzene rings is 2. The number of oxazole rings is 1. The molecule has 4 nitrogen and oxygen atoms in total. The van der Waals surface area contributed by atoms with Gasteiger partial charge in [0, 0.05) is 17.1 Å². The molecular weight excluding hydrogens is 298 g/mol. The first kappa shape index (κ1) is 14.2. The van der Waals surface area contributed by atoms with E-state index in [2.05, 4.69) is 10.3 Å². The molecule has 0 fully saturated rings. The van der Waals surface area contributed by atoms with Crippen LogP contribution in [0.4, 0.5) is 5.88 Å². The van der Waals surface area contributed by atoms with Crippen LogP contribution in [0.5, 0.6) is 0 Å². The maximum Gasteiger partial charge on any atom is 0.232 e. The van der Waals surface area contributed by atoms with E-state index in [0.717, 1.165) is 11.1 Å². The van der Waals surface area contributed by atoms with Crippen LogP contribution in [0.3, 0.4) is 0 Å². The number of nitrogens with zero attached hydrogens (tertiary/aromatic N) is 2. The number of hydrogen-bond donors (Lipinski definition) is 1. The fraction of sp³-hybridized carbons (Fsp3) is 0.0588. The molecule has 108 valence electrons. The SMILES string of the molecule is N#Cc1nc(-c2cccc(Cl)c2)oc1NCc1ccccc1. The molecule has 1 aromatic heterocycles. The molecule has 0 aliphatic heterocycles. The second-order valence-electron chi connectivity index (χ2n) is 4.66. The molecule has 0 saturated heterocycles. The van der Waals surface area contributed by atoms with Crippen LogP contribution < -0.4 is 5.32 Å². The summed E-state index contributed by atoms with van der Waals surface area (Å²) in [6, 6.07) is 19.1. The normalized spacial score (nSPS) is 10.2. The van der Waals surface area contributed by atoms with Gasteiger partial charge in [-0.1, -0.05) is 48.0 Å². The smallest absolute Gasteiger partial charge is 0.232 e. The van der Waals surface area contributed by atoms with Gasteiger partial charge in [0.25, 0.3) is 0 Å². The highest BCUT2D eigenvalue weighted by Crippen LogP contribution is 2.27. The number of anilines is 1. The van der Waals surface area contributed by atoms with E-state index in [1.54, 1.807) is 12.1 Å². The Hall–Kier alpha value is -2.77. The van der Waals surface area contributed by atoms with Crippen molar-refractivity contribution in [1.29, 1.82) is 5.26 Å². The van der Waals surface area contributed by atoms with Gasteiger partial charge < -0.3 is 9.73 Å². The van der Waals surface area contributed by atoms with Crippen molar-refractivity contribution in [1.82, 2.24) is 4.98 Å². The van der Waals surface area contributed by atoms with Gasteiger partial charge >= 0.3 is 0 Å². The maximum atomic E-state index is 9.19. The van der Waals surface area contributed by atoms with Gasteiger partial charge in [-0.2, -0.15) is 10.2 Å². The van der Waals surface area contributed by atoms with Crippen molar-refractivity contribution < 1.29 is 4.42 Å². The lowest BCUT2D eigenvalue weighted by atomic mass is 10.2. The molecule has 0 spiro atoms. The first-order valence-electron chi connectivity index (χ1n) is 6.71. The summed E-state index contributed by atoms with van der Waals surface area (Å²) in [6.07, 6.45) is 0. The molecule has 0 aliphatic carbocycles. The molecule has 2 aromatic carbocycles. The van der Waals surface area contributed by atoms with Crippen LogP contribution in [-0.2, 0) is 6.54 Å². The van der Waals surface area contributed by atoms with Crippen molar-refractivity contribution in [3.05, 3.63) is 70.9 Å². The van der Waals surface area contributed by atoms with Gasteiger partial charge in [-0.3, -0.25) is 0 Å². The number of nitriles is 1. The lowest BCUT2D eigenvalue weighted by molar-refractivity contribution is 0.585. The predicted octanol–water partition coefficient (Wildman–Crippen LogP) is 4.48. The average Bonchev–Trinajstić information content (AvgIpc) is 2.97. The standard InChI is InChI=1S/C17H12ClN3O/c18-14-8-4-7-13(9-14)16-21-15(10-19)17(22-16)20-11-12-5-2-1-3-6-12/h1-9,20H,11H2. The highest BCUT2D eigenvalue weighted by atomic mass is 35.5. The Kier molecular flexibility index (Phi) is 4.08. The van der Waals surface area contributed by atoms with Crippen molar-refractivity contribution in [3.63, 3.8) is 0 Å². The van der Waals surface area contributed by atoms with E-state index < -0.39 is 0 Å². The molecule has 1 heterocycles. The minimum Gasteiger partial charge on any atom is -0.419 e. The van der Waals surface area contributed by atoms with E-state index in [-0.39, 0.29) is 5.69 Å². The number of nitrogens with one attached hydrogen (secondary N) is 1. The molecule has 22 heavy (non-hydrogen) atoms. The zero-order valence-electron chi connectivity index (χ0n) is 11.6. The molecular formula is C17H12ClN3O. The van der Waals surface area contributed by atoms with Gasteiger partial charge in [0.15, 0.2) is 0 Å². The second-order valence-corrected chi connectivity index (χ2v) is 5.09. The summed E-state index contributed by atoms with van der Waals surface area (Å²) in [5.41, 5.74) is 2.05. The Labute approximate surface area is 133 Å². The van der Waals surface area contributed by atoms with Crippen molar-refractivity contribution in [2.24, 2.45) is 0 Å². The molecule has 0 saturated carbocycles. The first-order chi connectivity index (χ1) is 10.8. The van der Waals surface area contributed by atoms with Gasteiger partial charge in [-0.25, -0.2) is 0 Å². The number of aromatic nitrogens is 1. The number of hydrogen-bond acceptors (Lipinski definition) is 4. The number of rotatable bonds is 4. The van der Waals surface area contributed by atoms with Crippen molar-refractivity contribution in [2.75, 3.05) is 5.32 Å². The van der Waals surface area contributed by atoms with E-state index >= 15 is 0 Å². The Balaban J connectivity index is 1.84. The highest BCUT2D eigenvalue weighted by molar-refractivity contribution is 6.30. The molecule has 5 heteroatoms. The van der Waals surface area contributed by atoms with Crippen LogP contribution in [0.2, 0.25) is 5.02 Å². The Morgan fingerprint density at radius 3 is 2.68 bits per heavy atom. The van der Waals surface area contributed by atoms with E-state index in [1.807, 2.05) is 48.5 Å². The van der Waals surface area contributed by atoms with Crippen molar-refractivity contribution in [3.8, 4) is 17.5 Å². The third-order valence-electron chi connectivity index (χ3n) is 3.10. The van der Waals surface area contributed by atoms with Gasteiger partial charge in [0.2, 0.25) is 17.5 Å². The summed E-state index contributed by atoms with van der Waals surface area (Å²) < 4.78 is 5.67. The van der Waals surface area contributed by atoms with Crippen LogP contribution in [0, 0.1) is 11.3 Å². The average molecular weight is 310 g/mol. The zero-order chi connectivity index (χ0) is 15.4. The largest absolute Gasteiger partial charge is 0.419 e. The van der Waals surface area contributed by atoms with E-state index in [0.29, 0.717) is 23.3 Å². The Morgan fingerprint density at radius 1 is 1.14 bits per heavy atom. The summed E-state index contributed by atoms with van der Waals surface area (Å²) >= 11 is 5.97. The summed E-state index contributed by atoms with van der Waals surface area (Å²) in [6.45, 7) is 0.555. The Bertz CT molecular complexity index is 821. The maximum absolute atomic E-state index is 9.19. The molecule has 0 radical (unpaired) electrons. The third-order valence-corrected chi connectivity index (χ3v) is 3.34. The molecule has 0 atom stereocenters. The highest BCUT2D eigenvalue weighted by Gasteiger charge is 2.14. The second kappa shape index (κ2) is 6.33. The van der Waals surface area contributed by atoms with Crippen LogP contribution in [0.15, 0.2) is 59.0 Å². The monoisotopic (exact) mass is 309 g/mol. The molecule has 1 N–H and O–H groups in total. The van der Waals surface area contributed by atoms with Crippen molar-refractivity contribution in [2.45, 2.75) is 6.54 Å². The summed E-state index contributed by atoms with van der Waals surface area (Å²) in [5.74, 6) is 0.732. The molecule has 0 unspecified atom stereocenters. The minimum atomic E-state index is 0.228. The van der Waals surface area contributed by atoms with E-state index in [4.69, 9.17) is 16.0 Å². The molecule has 0 aliphatic rings. The number of halogens is 1. The lowest BCUT2D eigenvalue weighted by Crippen LogP contribution is -1.99. The van der Waals surface area contributed by atoms with Crippen LogP contribution in [-0.4, -0.2) is 4.98 Å². The summed E-state index contributed by atoms with van der Waals surface area (Å²) in [5, 5.41) is 12.9. The quantitative estimate of drug-likeness (QED) is 0.772. The van der Waals surface area contributed by atoms with E-state index in [1.165, 1.54) is 0 Å². The third kappa shape index (κ3) is 3.11. The van der Waals surface area contributed by atoms with Crippen LogP contribution >= 0.6 is 11.6 Å².